The molecule has 3 rings (SSSR count). The first-order valence-corrected chi connectivity index (χ1v) is 8.07. The van der Waals surface area contributed by atoms with Gasteiger partial charge in [0.25, 0.3) is 5.91 Å². The highest BCUT2D eigenvalue weighted by molar-refractivity contribution is 9.10. The van der Waals surface area contributed by atoms with Crippen LogP contribution in [0.5, 0.6) is 0 Å². The van der Waals surface area contributed by atoms with Crippen LogP contribution in [0.25, 0.3) is 5.69 Å². The van der Waals surface area contributed by atoms with E-state index in [9.17, 15) is 9.18 Å². The second-order valence-electron chi connectivity index (χ2n) is 5.24. The Morgan fingerprint density at radius 1 is 1.25 bits per heavy atom. The summed E-state index contributed by atoms with van der Waals surface area (Å²) in [5.41, 5.74) is 1.36. The molecular formula is C17H14BrFN4O. The van der Waals surface area contributed by atoms with Gasteiger partial charge < -0.3 is 5.32 Å². The third-order valence-electron chi connectivity index (χ3n) is 3.52. The molecule has 122 valence electrons. The molecule has 0 spiro atoms. The van der Waals surface area contributed by atoms with Crippen molar-refractivity contribution in [3.8, 4) is 5.69 Å². The van der Waals surface area contributed by atoms with Crippen molar-refractivity contribution in [3.63, 3.8) is 0 Å². The topological polar surface area (TPSA) is 59.8 Å². The molecule has 0 aliphatic heterocycles. The van der Waals surface area contributed by atoms with Crippen molar-refractivity contribution in [1.29, 1.82) is 0 Å². The van der Waals surface area contributed by atoms with Crippen LogP contribution in [0.15, 0.2) is 59.2 Å². The highest BCUT2D eigenvalue weighted by Crippen LogP contribution is 2.17. The van der Waals surface area contributed by atoms with Crippen LogP contribution in [0.1, 0.15) is 29.0 Å². The number of hydrogen-bond donors (Lipinski definition) is 1. The van der Waals surface area contributed by atoms with Gasteiger partial charge in [0.15, 0.2) is 5.69 Å². The minimum absolute atomic E-state index is 0.165. The summed E-state index contributed by atoms with van der Waals surface area (Å²) in [6.07, 6.45) is 1.53. The lowest BCUT2D eigenvalue weighted by Gasteiger charge is -2.13. The number of aromatic nitrogens is 3. The second kappa shape index (κ2) is 6.92. The molecule has 1 heterocycles. The number of benzene rings is 2. The van der Waals surface area contributed by atoms with Crippen molar-refractivity contribution in [3.05, 3.63) is 76.3 Å². The number of rotatable bonds is 4. The number of carbonyl (C=O) groups excluding carboxylic acids is 1. The second-order valence-corrected chi connectivity index (χ2v) is 6.16. The van der Waals surface area contributed by atoms with E-state index in [1.807, 2.05) is 24.3 Å². The zero-order chi connectivity index (χ0) is 17.1. The predicted octanol–water partition coefficient (Wildman–Crippen LogP) is 3.66. The number of amides is 1. The van der Waals surface area contributed by atoms with E-state index >= 15 is 0 Å². The van der Waals surface area contributed by atoms with Crippen LogP contribution < -0.4 is 5.32 Å². The molecule has 7 heteroatoms. The van der Waals surface area contributed by atoms with Crippen LogP contribution in [-0.4, -0.2) is 20.9 Å². The first kappa shape index (κ1) is 16.3. The molecule has 0 aliphatic carbocycles. The molecule has 1 atom stereocenters. The Bertz CT molecular complexity index is 880. The molecule has 1 amide bonds. The van der Waals surface area contributed by atoms with E-state index in [0.29, 0.717) is 5.56 Å². The maximum Gasteiger partial charge on any atom is 0.273 e. The van der Waals surface area contributed by atoms with Crippen LogP contribution >= 0.6 is 15.9 Å². The molecule has 0 unspecified atom stereocenters. The summed E-state index contributed by atoms with van der Waals surface area (Å²) in [6, 6.07) is 13.3. The molecule has 0 bridgehead atoms. The van der Waals surface area contributed by atoms with Gasteiger partial charge in [0.2, 0.25) is 0 Å². The van der Waals surface area contributed by atoms with E-state index in [4.69, 9.17) is 0 Å². The monoisotopic (exact) mass is 388 g/mol. The maximum absolute atomic E-state index is 13.8. The van der Waals surface area contributed by atoms with Crippen LogP contribution in [0.3, 0.4) is 0 Å². The quantitative estimate of drug-likeness (QED) is 0.741. The summed E-state index contributed by atoms with van der Waals surface area (Å²) in [5, 5.41) is 10.6. The molecule has 1 N–H and O–H groups in total. The Morgan fingerprint density at radius 2 is 2.04 bits per heavy atom. The fraction of sp³-hybridized carbons (Fsp3) is 0.118. The van der Waals surface area contributed by atoms with Crippen molar-refractivity contribution in [2.75, 3.05) is 0 Å². The number of nitrogens with one attached hydrogen (secondary N) is 1. The first-order chi connectivity index (χ1) is 11.5. The fourth-order valence-corrected chi connectivity index (χ4v) is 2.67. The van der Waals surface area contributed by atoms with E-state index in [2.05, 4.69) is 31.6 Å². The SMILES string of the molecule is C[C@H](NC(=O)c1cn(-c2cccc(Br)c2)nn1)c1ccccc1F. The van der Waals surface area contributed by atoms with Gasteiger partial charge in [-0.3, -0.25) is 4.79 Å². The summed E-state index contributed by atoms with van der Waals surface area (Å²) in [5.74, 6) is -0.768. The Hall–Kier alpha value is -2.54. The minimum atomic E-state index is -0.477. The largest absolute Gasteiger partial charge is 0.344 e. The Balaban J connectivity index is 1.76. The molecule has 0 saturated carbocycles. The average molecular weight is 389 g/mol. The van der Waals surface area contributed by atoms with E-state index in [-0.39, 0.29) is 11.5 Å². The lowest BCUT2D eigenvalue weighted by atomic mass is 10.1. The zero-order valence-corrected chi connectivity index (χ0v) is 14.4. The van der Waals surface area contributed by atoms with E-state index < -0.39 is 11.9 Å². The number of nitrogens with zero attached hydrogens (tertiary/aromatic N) is 3. The zero-order valence-electron chi connectivity index (χ0n) is 12.8. The predicted molar refractivity (Wildman–Crippen MR) is 91.3 cm³/mol. The smallest absolute Gasteiger partial charge is 0.273 e. The van der Waals surface area contributed by atoms with Crippen molar-refractivity contribution >= 4 is 21.8 Å². The van der Waals surface area contributed by atoms with Gasteiger partial charge in [-0.15, -0.1) is 5.10 Å². The third-order valence-corrected chi connectivity index (χ3v) is 4.01. The summed E-state index contributed by atoms with van der Waals surface area (Å²) < 4.78 is 16.2. The Kier molecular flexibility index (Phi) is 4.71. The van der Waals surface area contributed by atoms with Crippen LogP contribution in [0, 0.1) is 5.82 Å². The van der Waals surface area contributed by atoms with Crippen LogP contribution in [0.2, 0.25) is 0 Å². The summed E-state index contributed by atoms with van der Waals surface area (Å²) >= 11 is 3.38. The molecular weight excluding hydrogens is 375 g/mol. The van der Waals surface area contributed by atoms with E-state index in [1.165, 1.54) is 16.9 Å². The third kappa shape index (κ3) is 3.51. The highest BCUT2D eigenvalue weighted by Gasteiger charge is 2.17. The lowest BCUT2D eigenvalue weighted by molar-refractivity contribution is 0.0934. The molecule has 24 heavy (non-hydrogen) atoms. The van der Waals surface area contributed by atoms with Crippen molar-refractivity contribution in [2.24, 2.45) is 0 Å². The molecule has 3 aromatic rings. The summed E-state index contributed by atoms with van der Waals surface area (Å²) in [7, 11) is 0. The van der Waals surface area contributed by atoms with Gasteiger partial charge >= 0.3 is 0 Å². The molecule has 0 aliphatic rings. The van der Waals surface area contributed by atoms with Gasteiger partial charge in [-0.05, 0) is 31.2 Å². The van der Waals surface area contributed by atoms with Crippen molar-refractivity contribution < 1.29 is 9.18 Å². The Morgan fingerprint density at radius 3 is 2.79 bits per heavy atom. The Labute approximate surface area is 146 Å². The van der Waals surface area contributed by atoms with E-state index in [0.717, 1.165) is 10.2 Å². The number of hydrogen-bond acceptors (Lipinski definition) is 3. The van der Waals surface area contributed by atoms with Crippen LogP contribution in [0.4, 0.5) is 4.39 Å². The standard InChI is InChI=1S/C17H14BrFN4O/c1-11(14-7-2-3-8-15(14)19)20-17(24)16-10-23(22-21-16)13-6-4-5-12(18)9-13/h2-11H,1H3,(H,20,24)/t11-/m0/s1. The normalized spacial score (nSPS) is 12.0. The number of halogens is 2. The van der Waals surface area contributed by atoms with E-state index in [1.54, 1.807) is 25.1 Å². The van der Waals surface area contributed by atoms with Gasteiger partial charge in [0.05, 0.1) is 17.9 Å². The van der Waals surface area contributed by atoms with Crippen molar-refractivity contribution in [1.82, 2.24) is 20.3 Å². The highest BCUT2D eigenvalue weighted by atomic mass is 79.9. The van der Waals surface area contributed by atoms with Gasteiger partial charge in [-0.1, -0.05) is 45.4 Å². The molecule has 5 nitrogen and oxygen atoms in total. The minimum Gasteiger partial charge on any atom is -0.344 e. The molecule has 0 saturated heterocycles. The van der Waals surface area contributed by atoms with Gasteiger partial charge in [-0.25, -0.2) is 9.07 Å². The fourth-order valence-electron chi connectivity index (χ4n) is 2.29. The van der Waals surface area contributed by atoms with Crippen LogP contribution in [-0.2, 0) is 0 Å². The lowest BCUT2D eigenvalue weighted by Crippen LogP contribution is -2.27. The maximum atomic E-state index is 13.8. The summed E-state index contributed by atoms with van der Waals surface area (Å²) in [4.78, 5) is 12.3. The van der Waals surface area contributed by atoms with Gasteiger partial charge in [0.1, 0.15) is 5.82 Å². The molecule has 2 aromatic carbocycles. The van der Waals surface area contributed by atoms with Crippen molar-refractivity contribution in [2.45, 2.75) is 13.0 Å². The van der Waals surface area contributed by atoms with Gasteiger partial charge in [-0.2, -0.15) is 0 Å². The molecule has 0 radical (unpaired) electrons. The molecule has 0 fully saturated rings. The van der Waals surface area contributed by atoms with Gasteiger partial charge in [0, 0.05) is 10.0 Å². The average Bonchev–Trinajstić information content (AvgIpc) is 3.05. The summed E-state index contributed by atoms with van der Waals surface area (Å²) in [6.45, 7) is 1.72. The molecule has 1 aromatic heterocycles. The number of carbonyl (C=O) groups is 1. The first-order valence-electron chi connectivity index (χ1n) is 7.28.